The van der Waals surface area contributed by atoms with Crippen molar-refractivity contribution in [1.82, 2.24) is 0 Å². The Morgan fingerprint density at radius 3 is 2.65 bits per heavy atom. The molecule has 0 bridgehead atoms. The van der Waals surface area contributed by atoms with E-state index in [0.717, 1.165) is 16.1 Å². The molecule has 23 heavy (non-hydrogen) atoms. The first-order chi connectivity index (χ1) is 10.8. The molecule has 5 nitrogen and oxygen atoms in total. The number of hydrogen-bond donors (Lipinski definition) is 0. The molecular weight excluding hydrogens is 384 g/mol. The third-order valence-corrected chi connectivity index (χ3v) is 5.38. The van der Waals surface area contributed by atoms with Crippen molar-refractivity contribution < 1.29 is 17.0 Å². The number of fused-ring (bicyclic) bond motifs is 1. The number of rotatable bonds is 3. The molecular formula is C16H13BrO5S. The standard InChI is InChI=1S/C16H13BrO5S/c1-10-2-5-12(6-3-10)23(19,20)22-15-9-16(18)21-14-7-4-11(17)8-13(14)15/h2,4-5,7-9H,3,6H2,1H3. The minimum atomic E-state index is -3.96. The molecule has 2 aromatic rings. The van der Waals surface area contributed by atoms with Crippen molar-refractivity contribution >= 4 is 37.0 Å². The lowest BCUT2D eigenvalue weighted by molar-refractivity contribution is 0.486. The number of halogens is 1. The monoisotopic (exact) mass is 396 g/mol. The Bertz CT molecular complexity index is 999. The smallest absolute Gasteiger partial charge is 0.340 e. The van der Waals surface area contributed by atoms with Crippen molar-refractivity contribution in [3.05, 3.63) is 61.8 Å². The molecule has 120 valence electrons. The van der Waals surface area contributed by atoms with Crippen LogP contribution >= 0.6 is 15.9 Å². The van der Waals surface area contributed by atoms with Gasteiger partial charge < -0.3 is 8.60 Å². The Hall–Kier alpha value is -1.86. The van der Waals surface area contributed by atoms with E-state index in [9.17, 15) is 13.2 Å². The third kappa shape index (κ3) is 3.40. The molecule has 1 aromatic carbocycles. The molecule has 0 spiro atoms. The van der Waals surface area contributed by atoms with Crippen LogP contribution in [0.15, 0.2) is 60.6 Å². The Morgan fingerprint density at radius 2 is 1.96 bits per heavy atom. The topological polar surface area (TPSA) is 73.6 Å². The molecule has 0 radical (unpaired) electrons. The second-order valence-electron chi connectivity index (χ2n) is 5.25. The fourth-order valence-electron chi connectivity index (χ4n) is 2.28. The van der Waals surface area contributed by atoms with Crippen LogP contribution in [-0.2, 0) is 10.1 Å². The average Bonchev–Trinajstić information content (AvgIpc) is 2.48. The molecule has 1 aliphatic carbocycles. The highest BCUT2D eigenvalue weighted by Crippen LogP contribution is 2.30. The molecule has 0 amide bonds. The molecule has 1 aliphatic rings. The Kier molecular flexibility index (Phi) is 4.16. The van der Waals surface area contributed by atoms with E-state index in [-0.39, 0.29) is 16.2 Å². The van der Waals surface area contributed by atoms with Gasteiger partial charge >= 0.3 is 15.7 Å². The minimum absolute atomic E-state index is 0.0373. The molecule has 1 aromatic heterocycles. The summed E-state index contributed by atoms with van der Waals surface area (Å²) >= 11 is 3.30. The molecule has 0 fully saturated rings. The van der Waals surface area contributed by atoms with E-state index in [2.05, 4.69) is 15.9 Å². The average molecular weight is 397 g/mol. The maximum Gasteiger partial charge on any atom is 0.340 e. The van der Waals surface area contributed by atoms with Crippen LogP contribution in [0.4, 0.5) is 0 Å². The summed E-state index contributed by atoms with van der Waals surface area (Å²) in [6, 6.07) is 5.95. The summed E-state index contributed by atoms with van der Waals surface area (Å²) in [6.45, 7) is 1.94. The van der Waals surface area contributed by atoms with Crippen molar-refractivity contribution in [2.75, 3.05) is 0 Å². The second-order valence-corrected chi connectivity index (χ2v) is 7.77. The van der Waals surface area contributed by atoms with Crippen LogP contribution in [0.1, 0.15) is 19.8 Å². The largest absolute Gasteiger partial charge is 0.422 e. The van der Waals surface area contributed by atoms with Gasteiger partial charge in [0, 0.05) is 4.47 Å². The van der Waals surface area contributed by atoms with Crippen molar-refractivity contribution in [3.8, 4) is 5.75 Å². The van der Waals surface area contributed by atoms with Crippen LogP contribution in [0.3, 0.4) is 0 Å². The van der Waals surface area contributed by atoms with Crippen LogP contribution in [0, 0.1) is 0 Å². The molecule has 3 rings (SSSR count). The summed E-state index contributed by atoms with van der Waals surface area (Å²) in [4.78, 5) is 11.8. The Balaban J connectivity index is 2.08. The molecule has 0 saturated carbocycles. The molecule has 7 heteroatoms. The molecule has 0 N–H and O–H groups in total. The van der Waals surface area contributed by atoms with Gasteiger partial charge in [0.1, 0.15) is 5.58 Å². The SMILES string of the molecule is CC1=CC=C(S(=O)(=O)Oc2cc(=O)oc3ccc(Br)cc23)CC1. The van der Waals surface area contributed by atoms with E-state index >= 15 is 0 Å². The van der Waals surface area contributed by atoms with Gasteiger partial charge in [-0.1, -0.05) is 27.6 Å². The Morgan fingerprint density at radius 1 is 1.17 bits per heavy atom. The van der Waals surface area contributed by atoms with Crippen molar-refractivity contribution in [2.45, 2.75) is 19.8 Å². The van der Waals surface area contributed by atoms with Gasteiger partial charge in [0.25, 0.3) is 0 Å². The van der Waals surface area contributed by atoms with Crippen molar-refractivity contribution in [3.63, 3.8) is 0 Å². The zero-order valence-corrected chi connectivity index (χ0v) is 14.6. The fourth-order valence-corrected chi connectivity index (χ4v) is 3.71. The summed E-state index contributed by atoms with van der Waals surface area (Å²) < 4.78 is 35.9. The summed E-state index contributed by atoms with van der Waals surface area (Å²) in [6.07, 6.45) is 4.34. The van der Waals surface area contributed by atoms with Crippen molar-refractivity contribution in [1.29, 1.82) is 0 Å². The number of hydrogen-bond acceptors (Lipinski definition) is 5. The quantitative estimate of drug-likeness (QED) is 0.581. The van der Waals surface area contributed by atoms with Gasteiger partial charge in [-0.15, -0.1) is 0 Å². The number of allylic oxidation sites excluding steroid dienone is 4. The lowest BCUT2D eigenvalue weighted by Gasteiger charge is -2.14. The summed E-state index contributed by atoms with van der Waals surface area (Å²) in [5.74, 6) is -0.0373. The van der Waals surface area contributed by atoms with Crippen molar-refractivity contribution in [2.24, 2.45) is 0 Å². The first kappa shape index (κ1) is 16.0. The molecule has 1 heterocycles. The predicted octanol–water partition coefficient (Wildman–Crippen LogP) is 3.89. The van der Waals surface area contributed by atoms with E-state index in [1.54, 1.807) is 24.3 Å². The normalized spacial score (nSPS) is 15.2. The van der Waals surface area contributed by atoms with E-state index in [1.165, 1.54) is 6.08 Å². The molecule has 0 atom stereocenters. The van der Waals surface area contributed by atoms with E-state index < -0.39 is 15.7 Å². The van der Waals surface area contributed by atoms with E-state index in [1.807, 2.05) is 6.92 Å². The van der Waals surface area contributed by atoms with Crippen LogP contribution in [0.25, 0.3) is 11.0 Å². The van der Waals surface area contributed by atoms with E-state index in [0.29, 0.717) is 18.2 Å². The maximum atomic E-state index is 12.4. The van der Waals surface area contributed by atoms with Gasteiger partial charge in [-0.2, -0.15) is 8.42 Å². The van der Waals surface area contributed by atoms with Crippen LogP contribution < -0.4 is 9.81 Å². The maximum absolute atomic E-state index is 12.4. The lowest BCUT2D eigenvalue weighted by atomic mass is 10.1. The third-order valence-electron chi connectivity index (χ3n) is 3.51. The van der Waals surface area contributed by atoms with Gasteiger partial charge in [0.05, 0.1) is 16.4 Å². The van der Waals surface area contributed by atoms with Crippen LogP contribution in [0.2, 0.25) is 0 Å². The zero-order valence-electron chi connectivity index (χ0n) is 12.2. The first-order valence-corrected chi connectivity index (χ1v) is 9.09. The molecule has 0 aliphatic heterocycles. The summed E-state index contributed by atoms with van der Waals surface area (Å²) in [5.41, 5.74) is 0.705. The fraction of sp³-hybridized carbons (Fsp3) is 0.188. The highest BCUT2D eigenvalue weighted by Gasteiger charge is 2.23. The zero-order chi connectivity index (χ0) is 16.6. The van der Waals surface area contributed by atoms with Gasteiger partial charge in [-0.3, -0.25) is 0 Å². The van der Waals surface area contributed by atoms with E-state index in [4.69, 9.17) is 8.60 Å². The second kappa shape index (κ2) is 5.98. The van der Waals surface area contributed by atoms with Gasteiger partial charge in [-0.25, -0.2) is 4.79 Å². The number of benzene rings is 1. The first-order valence-electron chi connectivity index (χ1n) is 6.89. The van der Waals surface area contributed by atoms with Crippen LogP contribution in [-0.4, -0.2) is 8.42 Å². The summed E-state index contributed by atoms with van der Waals surface area (Å²) in [7, 11) is -3.96. The molecule has 0 unspecified atom stereocenters. The minimum Gasteiger partial charge on any atom is -0.422 e. The van der Waals surface area contributed by atoms with Crippen LogP contribution in [0.5, 0.6) is 5.75 Å². The Labute approximate surface area is 141 Å². The van der Waals surface area contributed by atoms with Gasteiger partial charge in [-0.05, 0) is 44.0 Å². The summed E-state index contributed by atoms with van der Waals surface area (Å²) in [5, 5.41) is 0.408. The highest BCUT2D eigenvalue weighted by atomic mass is 79.9. The molecule has 0 saturated heterocycles. The highest BCUT2D eigenvalue weighted by molar-refractivity contribution is 9.10. The lowest BCUT2D eigenvalue weighted by Crippen LogP contribution is -2.14. The predicted molar refractivity (Wildman–Crippen MR) is 90.8 cm³/mol. The van der Waals surface area contributed by atoms with Gasteiger partial charge in [0.15, 0.2) is 5.75 Å². The van der Waals surface area contributed by atoms with Gasteiger partial charge in [0.2, 0.25) is 0 Å².